The van der Waals surface area contributed by atoms with Gasteiger partial charge in [0.15, 0.2) is 5.82 Å². The fourth-order valence-corrected chi connectivity index (χ4v) is 1.86. The van der Waals surface area contributed by atoms with E-state index in [4.69, 9.17) is 0 Å². The lowest BCUT2D eigenvalue weighted by molar-refractivity contribution is 0.0696. The molecule has 0 saturated carbocycles. The van der Waals surface area contributed by atoms with Crippen LogP contribution in [0, 0.1) is 20.8 Å². The maximum atomic E-state index is 11.2. The molecule has 98 valence electrons. The minimum atomic E-state index is -1.02. The van der Waals surface area contributed by atoms with E-state index in [1.165, 1.54) is 9.36 Å². The number of nitrogens with zero attached hydrogens (tertiary/aromatic N) is 5. The summed E-state index contributed by atoms with van der Waals surface area (Å²) in [6.45, 7) is 5.19. The number of carbonyl (C=O) groups is 1. The number of hydrogen-bond donors (Lipinski definition) is 1. The van der Waals surface area contributed by atoms with Gasteiger partial charge in [0.2, 0.25) is 0 Å². The van der Waals surface area contributed by atoms with Gasteiger partial charge in [0.1, 0.15) is 17.2 Å². The first kappa shape index (κ1) is 14.2. The molecule has 0 atom stereocenters. The molecule has 0 aliphatic rings. The van der Waals surface area contributed by atoms with Crippen molar-refractivity contribution in [3.05, 3.63) is 22.9 Å². The lowest BCUT2D eigenvalue weighted by Crippen LogP contribution is -2.11. The largest absolute Gasteiger partial charge is 0.477 e. The molecular formula is C10H14ClN5O2. The number of halogens is 1. The van der Waals surface area contributed by atoms with Crippen LogP contribution in [0.5, 0.6) is 0 Å². The van der Waals surface area contributed by atoms with Gasteiger partial charge in [-0.3, -0.25) is 0 Å². The molecule has 0 aliphatic heterocycles. The summed E-state index contributed by atoms with van der Waals surface area (Å²) in [6.07, 6.45) is 0. The molecule has 2 aromatic rings. The standard InChI is InChI=1S/C10H13N5O2.ClH/c1-5-8(10(16)17)9(14(4)12-5)15-7(3)11-6(2)13-15;/h1-4H3,(H,16,17);1H. The van der Waals surface area contributed by atoms with Gasteiger partial charge in [-0.05, 0) is 20.8 Å². The van der Waals surface area contributed by atoms with Crippen LogP contribution in [0.25, 0.3) is 5.82 Å². The number of aromatic nitrogens is 5. The summed E-state index contributed by atoms with van der Waals surface area (Å²) in [4.78, 5) is 15.4. The Morgan fingerprint density at radius 1 is 1.22 bits per heavy atom. The molecule has 18 heavy (non-hydrogen) atoms. The SMILES string of the molecule is Cc1nc(C)n(-c2c(C(=O)O)c(C)nn2C)n1.Cl. The van der Waals surface area contributed by atoms with Crippen LogP contribution in [0.15, 0.2) is 0 Å². The third kappa shape index (κ3) is 2.08. The van der Waals surface area contributed by atoms with Gasteiger partial charge >= 0.3 is 5.97 Å². The third-order valence-electron chi connectivity index (χ3n) is 2.48. The van der Waals surface area contributed by atoms with Crippen LogP contribution < -0.4 is 0 Å². The van der Waals surface area contributed by atoms with Gasteiger partial charge in [0, 0.05) is 7.05 Å². The number of rotatable bonds is 2. The summed E-state index contributed by atoms with van der Waals surface area (Å²) in [7, 11) is 1.69. The Kier molecular flexibility index (Phi) is 3.76. The summed E-state index contributed by atoms with van der Waals surface area (Å²) in [5, 5.41) is 17.5. The molecule has 2 heterocycles. The Morgan fingerprint density at radius 3 is 2.28 bits per heavy atom. The molecule has 0 radical (unpaired) electrons. The van der Waals surface area contributed by atoms with Crippen LogP contribution in [-0.4, -0.2) is 35.6 Å². The first-order valence-electron chi connectivity index (χ1n) is 5.09. The molecular weight excluding hydrogens is 258 g/mol. The monoisotopic (exact) mass is 271 g/mol. The van der Waals surface area contributed by atoms with Crippen molar-refractivity contribution in [3.63, 3.8) is 0 Å². The van der Waals surface area contributed by atoms with E-state index >= 15 is 0 Å². The van der Waals surface area contributed by atoms with Crippen molar-refractivity contribution in [2.75, 3.05) is 0 Å². The third-order valence-corrected chi connectivity index (χ3v) is 2.48. The van der Waals surface area contributed by atoms with Crippen LogP contribution in [0.4, 0.5) is 0 Å². The van der Waals surface area contributed by atoms with E-state index in [2.05, 4.69) is 15.2 Å². The quantitative estimate of drug-likeness (QED) is 0.882. The second kappa shape index (κ2) is 4.77. The van der Waals surface area contributed by atoms with Gasteiger partial charge in [-0.15, -0.1) is 17.5 Å². The summed E-state index contributed by atoms with van der Waals surface area (Å²) < 4.78 is 3.00. The minimum Gasteiger partial charge on any atom is -0.477 e. The fourth-order valence-electron chi connectivity index (χ4n) is 1.86. The lowest BCUT2D eigenvalue weighted by Gasteiger charge is -2.04. The summed E-state index contributed by atoms with van der Waals surface area (Å²) in [5.74, 6) is 0.636. The second-order valence-electron chi connectivity index (χ2n) is 3.83. The lowest BCUT2D eigenvalue weighted by atomic mass is 10.2. The summed E-state index contributed by atoms with van der Waals surface area (Å²) >= 11 is 0. The van der Waals surface area contributed by atoms with Gasteiger partial charge in [-0.2, -0.15) is 9.78 Å². The maximum Gasteiger partial charge on any atom is 0.341 e. The van der Waals surface area contributed by atoms with Crippen molar-refractivity contribution in [1.82, 2.24) is 24.5 Å². The molecule has 0 amide bonds. The van der Waals surface area contributed by atoms with E-state index in [1.807, 2.05) is 0 Å². The first-order chi connectivity index (χ1) is 7.91. The molecule has 1 N–H and O–H groups in total. The average Bonchev–Trinajstić information content (AvgIpc) is 2.66. The Balaban J connectivity index is 0.00000162. The van der Waals surface area contributed by atoms with Crippen LogP contribution in [0.3, 0.4) is 0 Å². The minimum absolute atomic E-state index is 0. The van der Waals surface area contributed by atoms with Crippen LogP contribution in [0.1, 0.15) is 27.7 Å². The summed E-state index contributed by atoms with van der Waals surface area (Å²) in [5.41, 5.74) is 0.614. The van der Waals surface area contributed by atoms with Crippen molar-refractivity contribution >= 4 is 18.4 Å². The van der Waals surface area contributed by atoms with E-state index in [0.717, 1.165) is 0 Å². The molecule has 7 nitrogen and oxygen atoms in total. The Morgan fingerprint density at radius 2 is 1.83 bits per heavy atom. The molecule has 0 bridgehead atoms. The topological polar surface area (TPSA) is 85.8 Å². The highest BCUT2D eigenvalue weighted by Crippen LogP contribution is 2.18. The maximum absolute atomic E-state index is 11.2. The summed E-state index contributed by atoms with van der Waals surface area (Å²) in [6, 6.07) is 0. The zero-order valence-corrected chi connectivity index (χ0v) is 11.3. The Bertz CT molecular complexity index is 602. The molecule has 8 heteroatoms. The van der Waals surface area contributed by atoms with E-state index in [0.29, 0.717) is 23.2 Å². The first-order valence-corrected chi connectivity index (χ1v) is 5.09. The number of carboxylic acid groups (broad SMARTS) is 1. The predicted octanol–water partition coefficient (Wildman–Crippen LogP) is 1.05. The zero-order valence-electron chi connectivity index (χ0n) is 10.5. The highest BCUT2D eigenvalue weighted by atomic mass is 35.5. The van der Waals surface area contributed by atoms with E-state index in [-0.39, 0.29) is 18.0 Å². The molecule has 0 spiro atoms. The van der Waals surface area contributed by atoms with Gasteiger partial charge in [-0.1, -0.05) is 0 Å². The predicted molar refractivity (Wildman–Crippen MR) is 66.5 cm³/mol. The van der Waals surface area contributed by atoms with Crippen LogP contribution in [-0.2, 0) is 7.05 Å². The van der Waals surface area contributed by atoms with Gasteiger partial charge in [-0.25, -0.2) is 14.5 Å². The highest BCUT2D eigenvalue weighted by molar-refractivity contribution is 5.92. The average molecular weight is 272 g/mol. The highest BCUT2D eigenvalue weighted by Gasteiger charge is 2.23. The van der Waals surface area contributed by atoms with Crippen molar-refractivity contribution in [3.8, 4) is 5.82 Å². The van der Waals surface area contributed by atoms with E-state index in [9.17, 15) is 9.90 Å². The second-order valence-corrected chi connectivity index (χ2v) is 3.83. The van der Waals surface area contributed by atoms with Crippen molar-refractivity contribution in [2.45, 2.75) is 20.8 Å². The number of carboxylic acids is 1. The Labute approximate surface area is 110 Å². The van der Waals surface area contributed by atoms with Crippen molar-refractivity contribution in [1.29, 1.82) is 0 Å². The van der Waals surface area contributed by atoms with Crippen molar-refractivity contribution in [2.24, 2.45) is 7.05 Å². The molecule has 0 unspecified atom stereocenters. The number of hydrogen-bond acceptors (Lipinski definition) is 4. The van der Waals surface area contributed by atoms with Crippen LogP contribution >= 0.6 is 12.4 Å². The Hall–Kier alpha value is -1.89. The van der Waals surface area contributed by atoms with E-state index < -0.39 is 5.97 Å². The van der Waals surface area contributed by atoms with Gasteiger partial charge in [0.25, 0.3) is 0 Å². The fraction of sp³-hybridized carbons (Fsp3) is 0.400. The number of aromatic carboxylic acids is 1. The van der Waals surface area contributed by atoms with Gasteiger partial charge in [0.05, 0.1) is 5.69 Å². The normalized spacial score (nSPS) is 10.2. The molecule has 0 saturated heterocycles. The molecule has 2 aromatic heterocycles. The van der Waals surface area contributed by atoms with Gasteiger partial charge < -0.3 is 5.11 Å². The molecule has 0 fully saturated rings. The molecule has 2 rings (SSSR count). The molecule has 0 aliphatic carbocycles. The van der Waals surface area contributed by atoms with Crippen molar-refractivity contribution < 1.29 is 9.90 Å². The van der Waals surface area contributed by atoms with Crippen LogP contribution in [0.2, 0.25) is 0 Å². The zero-order chi connectivity index (χ0) is 12.7. The smallest absolute Gasteiger partial charge is 0.341 e. The van der Waals surface area contributed by atoms with E-state index in [1.54, 1.807) is 27.8 Å². The number of aryl methyl sites for hydroxylation is 4. The molecule has 0 aromatic carbocycles.